The van der Waals surface area contributed by atoms with Gasteiger partial charge in [-0.05, 0) is 12.5 Å². The zero-order chi connectivity index (χ0) is 20.5. The third-order valence-electron chi connectivity index (χ3n) is 4.58. The van der Waals surface area contributed by atoms with Gasteiger partial charge in [-0.3, -0.25) is 25.0 Å². The molecule has 0 saturated heterocycles. The molecular formula is C19H16N6O4. The molecule has 0 aliphatic carbocycles. The third-order valence-corrected chi connectivity index (χ3v) is 4.58. The minimum Gasteiger partial charge on any atom is -0.326 e. The summed E-state index contributed by atoms with van der Waals surface area (Å²) in [6, 6.07) is 12.6. The number of benzene rings is 2. The molecule has 10 heteroatoms. The first kappa shape index (κ1) is 18.3. The molecule has 10 nitrogen and oxygen atoms in total. The van der Waals surface area contributed by atoms with E-state index in [9.17, 15) is 19.7 Å². The lowest BCUT2D eigenvalue weighted by Crippen LogP contribution is -2.24. The second kappa shape index (κ2) is 7.15. The van der Waals surface area contributed by atoms with E-state index >= 15 is 0 Å². The summed E-state index contributed by atoms with van der Waals surface area (Å²) in [7, 11) is 0. The van der Waals surface area contributed by atoms with Crippen LogP contribution in [0.25, 0.3) is 11.4 Å². The smallest absolute Gasteiger partial charge is 0.271 e. The number of nitro benzene ring substituents is 1. The molecule has 2 aromatic carbocycles. The summed E-state index contributed by atoms with van der Waals surface area (Å²) in [5.41, 5.74) is 1.66. The van der Waals surface area contributed by atoms with Crippen molar-refractivity contribution in [3.8, 4) is 11.4 Å². The highest BCUT2D eigenvalue weighted by molar-refractivity contribution is 6.01. The van der Waals surface area contributed by atoms with Gasteiger partial charge in [-0.25, -0.2) is 4.68 Å². The van der Waals surface area contributed by atoms with Crippen LogP contribution in [0.3, 0.4) is 0 Å². The number of aromatic nitrogens is 3. The molecule has 2 N–H and O–H groups in total. The molecule has 3 aromatic rings. The third kappa shape index (κ3) is 3.55. The van der Waals surface area contributed by atoms with E-state index in [1.165, 1.54) is 16.8 Å². The number of amides is 2. The van der Waals surface area contributed by atoms with Crippen molar-refractivity contribution < 1.29 is 14.5 Å². The van der Waals surface area contributed by atoms with Crippen LogP contribution in [-0.4, -0.2) is 31.5 Å². The van der Waals surface area contributed by atoms with Crippen molar-refractivity contribution in [2.45, 2.75) is 19.4 Å². The Bertz CT molecular complexity index is 1120. The predicted molar refractivity (Wildman–Crippen MR) is 104 cm³/mol. The lowest BCUT2D eigenvalue weighted by Gasteiger charge is -2.11. The lowest BCUT2D eigenvalue weighted by atomic mass is 10.1. The maximum Gasteiger partial charge on any atom is 0.271 e. The molecule has 1 atom stereocenters. The van der Waals surface area contributed by atoms with Gasteiger partial charge in [0.05, 0.1) is 17.0 Å². The zero-order valence-electron chi connectivity index (χ0n) is 15.3. The predicted octanol–water partition coefficient (Wildman–Crippen LogP) is 2.68. The number of hydrogen-bond acceptors (Lipinski definition) is 6. The molecule has 0 unspecified atom stereocenters. The highest BCUT2D eigenvalue weighted by Crippen LogP contribution is 2.29. The highest BCUT2D eigenvalue weighted by atomic mass is 16.6. The number of non-ortho nitro benzene ring substituents is 1. The molecule has 2 heterocycles. The number of carbonyl (C=O) groups excluding carboxylic acids is 2. The van der Waals surface area contributed by atoms with Crippen LogP contribution in [0.15, 0.2) is 48.5 Å². The van der Waals surface area contributed by atoms with E-state index < -0.39 is 16.9 Å². The van der Waals surface area contributed by atoms with Crippen molar-refractivity contribution in [2.24, 2.45) is 0 Å². The molecule has 1 aliphatic rings. The second-order valence-electron chi connectivity index (χ2n) is 6.58. The van der Waals surface area contributed by atoms with Gasteiger partial charge < -0.3 is 5.32 Å². The molecule has 0 radical (unpaired) electrons. The van der Waals surface area contributed by atoms with E-state index in [1.54, 1.807) is 13.0 Å². The second-order valence-corrected chi connectivity index (χ2v) is 6.58. The Morgan fingerprint density at radius 2 is 2.03 bits per heavy atom. The van der Waals surface area contributed by atoms with Crippen molar-refractivity contribution in [3.05, 3.63) is 64.2 Å². The van der Waals surface area contributed by atoms with Gasteiger partial charge in [-0.15, -0.1) is 5.10 Å². The van der Waals surface area contributed by atoms with Gasteiger partial charge in [0.1, 0.15) is 6.04 Å². The summed E-state index contributed by atoms with van der Waals surface area (Å²) in [4.78, 5) is 39.5. The fourth-order valence-electron chi connectivity index (χ4n) is 3.05. The Labute approximate surface area is 164 Å². The van der Waals surface area contributed by atoms with Crippen LogP contribution in [0.1, 0.15) is 18.0 Å². The molecule has 29 heavy (non-hydrogen) atoms. The molecular weight excluding hydrogens is 376 g/mol. The average Bonchev–Trinajstić information content (AvgIpc) is 3.23. The fraction of sp³-hybridized carbons (Fsp3) is 0.158. The minimum atomic E-state index is -0.853. The molecule has 4 rings (SSSR count). The van der Waals surface area contributed by atoms with E-state index in [0.717, 1.165) is 5.56 Å². The normalized spacial score (nSPS) is 14.9. The monoisotopic (exact) mass is 392 g/mol. The first-order chi connectivity index (χ1) is 13.9. The van der Waals surface area contributed by atoms with Crippen LogP contribution in [0, 0.1) is 17.0 Å². The van der Waals surface area contributed by atoms with Gasteiger partial charge in [0, 0.05) is 17.7 Å². The Hall–Kier alpha value is -4.08. The van der Waals surface area contributed by atoms with Gasteiger partial charge in [0.25, 0.3) is 11.6 Å². The van der Waals surface area contributed by atoms with Crippen LogP contribution in [0.2, 0.25) is 0 Å². The van der Waals surface area contributed by atoms with Crippen LogP contribution in [-0.2, 0) is 9.59 Å². The topological polar surface area (TPSA) is 132 Å². The molecule has 1 aliphatic heterocycles. The first-order valence-electron chi connectivity index (χ1n) is 8.80. The van der Waals surface area contributed by atoms with E-state index in [4.69, 9.17) is 0 Å². The summed E-state index contributed by atoms with van der Waals surface area (Å²) in [5.74, 6) is -0.123. The van der Waals surface area contributed by atoms with Crippen LogP contribution < -0.4 is 10.6 Å². The molecule has 2 amide bonds. The number of nitro groups is 1. The Morgan fingerprint density at radius 3 is 2.76 bits per heavy atom. The van der Waals surface area contributed by atoms with Crippen molar-refractivity contribution in [2.75, 3.05) is 10.6 Å². The van der Waals surface area contributed by atoms with Gasteiger partial charge >= 0.3 is 0 Å². The lowest BCUT2D eigenvalue weighted by molar-refractivity contribution is -0.384. The Morgan fingerprint density at radius 1 is 1.28 bits per heavy atom. The summed E-state index contributed by atoms with van der Waals surface area (Å²) in [5, 5.41) is 20.6. The number of rotatable bonds is 5. The van der Waals surface area contributed by atoms with Crippen molar-refractivity contribution in [3.63, 3.8) is 0 Å². The maximum absolute atomic E-state index is 12.5. The number of anilines is 2. The quantitative estimate of drug-likeness (QED) is 0.507. The Kier molecular flexibility index (Phi) is 4.51. The summed E-state index contributed by atoms with van der Waals surface area (Å²) < 4.78 is 1.39. The van der Waals surface area contributed by atoms with Crippen LogP contribution in [0.4, 0.5) is 17.3 Å². The number of nitrogens with zero attached hydrogens (tertiary/aromatic N) is 4. The van der Waals surface area contributed by atoms with Gasteiger partial charge in [-0.1, -0.05) is 36.4 Å². The number of aryl methyl sites for hydroxylation is 1. The largest absolute Gasteiger partial charge is 0.326 e. The maximum atomic E-state index is 12.5. The van der Waals surface area contributed by atoms with E-state index in [1.807, 2.05) is 30.3 Å². The van der Waals surface area contributed by atoms with Crippen LogP contribution in [0.5, 0.6) is 0 Å². The summed E-state index contributed by atoms with van der Waals surface area (Å²) >= 11 is 0. The van der Waals surface area contributed by atoms with Crippen LogP contribution >= 0.6 is 0 Å². The van der Waals surface area contributed by atoms with E-state index in [0.29, 0.717) is 17.1 Å². The zero-order valence-corrected chi connectivity index (χ0v) is 15.3. The highest BCUT2D eigenvalue weighted by Gasteiger charge is 2.35. The molecule has 0 saturated carbocycles. The number of carbonyl (C=O) groups is 2. The number of nitrogens with one attached hydrogen (secondary N) is 2. The van der Waals surface area contributed by atoms with E-state index in [2.05, 4.69) is 20.7 Å². The molecule has 146 valence electrons. The number of hydrogen-bond donors (Lipinski definition) is 2. The molecule has 0 fully saturated rings. The van der Waals surface area contributed by atoms with E-state index in [-0.39, 0.29) is 24.0 Å². The van der Waals surface area contributed by atoms with Gasteiger partial charge in [-0.2, -0.15) is 4.98 Å². The van der Waals surface area contributed by atoms with Crippen molar-refractivity contribution >= 4 is 29.1 Å². The molecule has 0 spiro atoms. The van der Waals surface area contributed by atoms with Gasteiger partial charge in [0.2, 0.25) is 11.9 Å². The molecule has 0 bridgehead atoms. The SMILES string of the molecule is Cc1ccc([N+](=O)[O-])cc1NC(=O)C[C@@H]1C(=O)Nc2nc(-c3ccccc3)nn21. The van der Waals surface area contributed by atoms with Crippen molar-refractivity contribution in [1.82, 2.24) is 14.8 Å². The molecule has 1 aromatic heterocycles. The fourth-order valence-corrected chi connectivity index (χ4v) is 3.05. The first-order valence-corrected chi connectivity index (χ1v) is 8.80. The summed E-state index contributed by atoms with van der Waals surface area (Å²) in [6.07, 6.45) is -0.182. The van der Waals surface area contributed by atoms with Crippen molar-refractivity contribution in [1.29, 1.82) is 0 Å². The summed E-state index contributed by atoms with van der Waals surface area (Å²) in [6.45, 7) is 1.73. The minimum absolute atomic E-state index is 0.129. The average molecular weight is 392 g/mol. The standard InChI is InChI=1S/C19H16N6O4/c1-11-7-8-13(25(28)29)9-14(11)20-16(26)10-15-18(27)22-19-21-17(23-24(15)19)12-5-3-2-4-6-12/h2-9,15H,10H2,1H3,(H,20,26)(H,21,22,23,27)/t15-/m1/s1. The Balaban J connectivity index is 1.53. The number of fused-ring (bicyclic) bond motifs is 1. The van der Waals surface area contributed by atoms with Gasteiger partial charge in [0.15, 0.2) is 5.82 Å².